The summed E-state index contributed by atoms with van der Waals surface area (Å²) in [7, 11) is 0. The van der Waals surface area contributed by atoms with Crippen molar-refractivity contribution in [3.63, 3.8) is 0 Å². The van der Waals surface area contributed by atoms with E-state index < -0.39 is 12.5 Å². The van der Waals surface area contributed by atoms with Crippen LogP contribution in [-0.2, 0) is 4.74 Å². The number of hydrogen-bond acceptors (Lipinski definition) is 1. The van der Waals surface area contributed by atoms with Gasteiger partial charge in [-0.1, -0.05) is 6.08 Å². The first-order chi connectivity index (χ1) is 6.01. The Kier molecular flexibility index (Phi) is 3.36. The lowest BCUT2D eigenvalue weighted by Crippen LogP contribution is -2.27. The van der Waals surface area contributed by atoms with Gasteiger partial charge in [-0.15, -0.1) is 19.8 Å². The second-order valence-corrected chi connectivity index (χ2v) is 3.34. The smallest absolute Gasteiger partial charge is 0.289 e. The summed E-state index contributed by atoms with van der Waals surface area (Å²) in [5.41, 5.74) is 0. The van der Waals surface area contributed by atoms with Crippen LogP contribution in [-0.4, -0.2) is 12.5 Å². The van der Waals surface area contributed by atoms with Gasteiger partial charge >= 0.3 is 6.36 Å². The molecule has 0 aliphatic heterocycles. The maximum atomic E-state index is 11.8. The van der Waals surface area contributed by atoms with Gasteiger partial charge in [-0.3, -0.25) is 4.74 Å². The van der Waals surface area contributed by atoms with E-state index >= 15 is 0 Å². The van der Waals surface area contributed by atoms with Crippen molar-refractivity contribution in [1.29, 1.82) is 0 Å². The van der Waals surface area contributed by atoms with Crippen LogP contribution >= 0.6 is 0 Å². The van der Waals surface area contributed by atoms with Crippen LogP contribution in [0.25, 0.3) is 0 Å². The van der Waals surface area contributed by atoms with Crippen LogP contribution in [0, 0.1) is 5.92 Å². The summed E-state index contributed by atoms with van der Waals surface area (Å²) in [6.45, 7) is 3.62. The van der Waals surface area contributed by atoms with Crippen molar-refractivity contribution in [3.8, 4) is 0 Å². The average Bonchev–Trinajstić information content (AvgIpc) is 2.03. The lowest BCUT2D eigenvalue weighted by molar-refractivity contribution is -0.345. The van der Waals surface area contributed by atoms with Crippen LogP contribution in [0.3, 0.4) is 0 Å². The molecule has 4 heteroatoms. The third-order valence-corrected chi connectivity index (χ3v) is 2.35. The predicted octanol–water partition coefficient (Wildman–Crippen LogP) is 3.27. The maximum Gasteiger partial charge on any atom is 0.522 e. The Morgan fingerprint density at radius 1 is 1.15 bits per heavy atom. The topological polar surface area (TPSA) is 9.23 Å². The average molecular weight is 194 g/mol. The Morgan fingerprint density at radius 2 is 1.69 bits per heavy atom. The number of rotatable bonds is 2. The van der Waals surface area contributed by atoms with Crippen molar-refractivity contribution < 1.29 is 17.9 Å². The van der Waals surface area contributed by atoms with E-state index in [0.29, 0.717) is 18.8 Å². The Morgan fingerprint density at radius 3 is 2.08 bits per heavy atom. The number of halogens is 3. The molecule has 0 radical (unpaired) electrons. The summed E-state index contributed by atoms with van der Waals surface area (Å²) in [6, 6.07) is 0. The van der Waals surface area contributed by atoms with Crippen molar-refractivity contribution in [2.75, 3.05) is 0 Å². The molecule has 13 heavy (non-hydrogen) atoms. The van der Waals surface area contributed by atoms with Crippen LogP contribution in [0.5, 0.6) is 0 Å². The molecule has 0 atom stereocenters. The number of alkyl halides is 3. The Labute approximate surface area is 75.6 Å². The number of allylic oxidation sites excluding steroid dienone is 1. The molecule has 0 aromatic heterocycles. The zero-order chi connectivity index (χ0) is 9.90. The molecular weight excluding hydrogens is 181 g/mol. The highest BCUT2D eigenvalue weighted by molar-refractivity contribution is 4.84. The molecule has 0 heterocycles. The van der Waals surface area contributed by atoms with E-state index in [2.05, 4.69) is 11.3 Å². The highest BCUT2D eigenvalue weighted by Crippen LogP contribution is 2.30. The van der Waals surface area contributed by atoms with Crippen molar-refractivity contribution in [1.82, 2.24) is 0 Å². The van der Waals surface area contributed by atoms with Crippen LogP contribution < -0.4 is 0 Å². The van der Waals surface area contributed by atoms with Crippen LogP contribution in [0.2, 0.25) is 0 Å². The van der Waals surface area contributed by atoms with Gasteiger partial charge in [-0.05, 0) is 31.6 Å². The van der Waals surface area contributed by atoms with E-state index in [9.17, 15) is 13.2 Å². The summed E-state index contributed by atoms with van der Waals surface area (Å²) in [6.07, 6.45) is -0.840. The van der Waals surface area contributed by atoms with E-state index in [1.54, 1.807) is 0 Å². The van der Waals surface area contributed by atoms with Gasteiger partial charge in [-0.2, -0.15) is 0 Å². The minimum atomic E-state index is -4.48. The molecule has 1 nitrogen and oxygen atoms in total. The second-order valence-electron chi connectivity index (χ2n) is 3.34. The fourth-order valence-corrected chi connectivity index (χ4v) is 1.63. The first-order valence-electron chi connectivity index (χ1n) is 4.38. The van der Waals surface area contributed by atoms with Gasteiger partial charge in [0.15, 0.2) is 0 Å². The first kappa shape index (κ1) is 10.6. The summed E-state index contributed by atoms with van der Waals surface area (Å²) in [4.78, 5) is 0. The van der Waals surface area contributed by atoms with Crippen molar-refractivity contribution >= 4 is 0 Å². The molecule has 0 N–H and O–H groups in total. The molecular formula is C9H13F3O. The SMILES string of the molecule is C=CC1CCC(OC(F)(F)F)CC1. The summed E-state index contributed by atoms with van der Waals surface area (Å²) in [5, 5.41) is 0. The van der Waals surface area contributed by atoms with Gasteiger partial charge in [0.05, 0.1) is 6.10 Å². The van der Waals surface area contributed by atoms with Gasteiger partial charge in [-0.25, -0.2) is 0 Å². The first-order valence-corrected chi connectivity index (χ1v) is 4.38. The largest absolute Gasteiger partial charge is 0.522 e. The highest BCUT2D eigenvalue weighted by atomic mass is 19.4. The minimum absolute atomic E-state index is 0.369. The monoisotopic (exact) mass is 194 g/mol. The minimum Gasteiger partial charge on any atom is -0.289 e. The Hall–Kier alpha value is -0.510. The molecule has 0 aromatic carbocycles. The van der Waals surface area contributed by atoms with Crippen LogP contribution in [0.1, 0.15) is 25.7 Å². The van der Waals surface area contributed by atoms with Gasteiger partial charge in [0, 0.05) is 0 Å². The van der Waals surface area contributed by atoms with Gasteiger partial charge in [0.1, 0.15) is 0 Å². The fourth-order valence-electron chi connectivity index (χ4n) is 1.63. The molecule has 1 aliphatic carbocycles. The van der Waals surface area contributed by atoms with E-state index in [1.807, 2.05) is 6.08 Å². The quantitative estimate of drug-likeness (QED) is 0.613. The zero-order valence-corrected chi connectivity index (χ0v) is 7.31. The molecule has 0 spiro atoms. The molecule has 1 rings (SSSR count). The third kappa shape index (κ3) is 3.81. The molecule has 76 valence electrons. The Balaban J connectivity index is 2.29. The molecule has 0 amide bonds. The number of ether oxygens (including phenoxy) is 1. The maximum absolute atomic E-state index is 11.8. The standard InChI is InChI=1S/C9H13F3O/c1-2-7-3-5-8(6-4-7)13-9(10,11)12/h2,7-8H,1,3-6H2. The van der Waals surface area contributed by atoms with Gasteiger partial charge in [0.2, 0.25) is 0 Å². The summed E-state index contributed by atoms with van der Waals surface area (Å²) >= 11 is 0. The fraction of sp³-hybridized carbons (Fsp3) is 0.778. The molecule has 1 saturated carbocycles. The van der Waals surface area contributed by atoms with Gasteiger partial charge in [0.25, 0.3) is 0 Å². The second kappa shape index (κ2) is 4.13. The lowest BCUT2D eigenvalue weighted by Gasteiger charge is -2.27. The number of hydrogen-bond donors (Lipinski definition) is 0. The van der Waals surface area contributed by atoms with E-state index in [4.69, 9.17) is 0 Å². The summed E-state index contributed by atoms with van der Waals surface area (Å²) in [5.74, 6) is 0.369. The third-order valence-electron chi connectivity index (χ3n) is 2.35. The van der Waals surface area contributed by atoms with Gasteiger partial charge < -0.3 is 0 Å². The molecule has 0 aromatic rings. The highest BCUT2D eigenvalue weighted by Gasteiger charge is 2.34. The summed E-state index contributed by atoms with van der Waals surface area (Å²) < 4.78 is 39.3. The molecule has 0 unspecified atom stereocenters. The Bertz CT molecular complexity index is 168. The predicted molar refractivity (Wildman–Crippen MR) is 43.1 cm³/mol. The van der Waals surface area contributed by atoms with Crippen LogP contribution in [0.4, 0.5) is 13.2 Å². The van der Waals surface area contributed by atoms with Crippen molar-refractivity contribution in [3.05, 3.63) is 12.7 Å². The van der Waals surface area contributed by atoms with E-state index in [0.717, 1.165) is 12.8 Å². The molecule has 1 fully saturated rings. The zero-order valence-electron chi connectivity index (χ0n) is 7.31. The van der Waals surface area contributed by atoms with E-state index in [-0.39, 0.29) is 0 Å². The molecule has 1 aliphatic rings. The van der Waals surface area contributed by atoms with E-state index in [1.165, 1.54) is 0 Å². The van der Waals surface area contributed by atoms with Crippen molar-refractivity contribution in [2.45, 2.75) is 38.1 Å². The van der Waals surface area contributed by atoms with Crippen molar-refractivity contribution in [2.24, 2.45) is 5.92 Å². The molecule has 0 bridgehead atoms. The normalized spacial score (nSPS) is 30.1. The molecule has 0 saturated heterocycles. The van der Waals surface area contributed by atoms with Crippen LogP contribution in [0.15, 0.2) is 12.7 Å². The lowest BCUT2D eigenvalue weighted by atomic mass is 9.87.